The van der Waals surface area contributed by atoms with E-state index in [2.05, 4.69) is 0 Å². The Kier molecular flexibility index (Phi) is 1.62. The van der Waals surface area contributed by atoms with E-state index < -0.39 is 0 Å². The minimum Gasteiger partial charge on any atom is -0.507 e. The quantitative estimate of drug-likeness (QED) is 0.644. The smallest absolute Gasteiger partial charge is 0.123 e. The number of fused-ring (bicyclic) bond motifs is 1. The lowest BCUT2D eigenvalue weighted by molar-refractivity contribution is 0.475. The van der Waals surface area contributed by atoms with Gasteiger partial charge in [-0.25, -0.2) is 0 Å². The summed E-state index contributed by atoms with van der Waals surface area (Å²) in [5, 5.41) is 20.5. The molecule has 2 aromatic rings. The molecule has 0 atom stereocenters. The lowest BCUT2D eigenvalue weighted by atomic mass is 10.0. The molecule has 0 aromatic heterocycles. The van der Waals surface area contributed by atoms with Crippen LogP contribution in [0.25, 0.3) is 10.8 Å². The van der Waals surface area contributed by atoms with Crippen LogP contribution >= 0.6 is 0 Å². The van der Waals surface area contributed by atoms with Crippen LogP contribution in [0.1, 0.15) is 5.56 Å². The number of hydrogen-bond donors (Lipinski definition) is 2. The topological polar surface area (TPSA) is 40.5 Å². The molecule has 0 aliphatic rings. The van der Waals surface area contributed by atoms with Gasteiger partial charge in [0, 0.05) is 10.8 Å². The third-order valence-corrected chi connectivity index (χ3v) is 2.20. The van der Waals surface area contributed by atoms with E-state index in [9.17, 15) is 10.2 Å². The van der Waals surface area contributed by atoms with Crippen LogP contribution in [-0.4, -0.2) is 10.2 Å². The highest BCUT2D eigenvalue weighted by Gasteiger charge is 2.05. The van der Waals surface area contributed by atoms with Crippen LogP contribution in [-0.2, 0) is 0 Å². The highest BCUT2D eigenvalue weighted by atomic mass is 16.3. The van der Waals surface area contributed by atoms with Gasteiger partial charge in [0.05, 0.1) is 0 Å². The Bertz CT molecular complexity index is 453. The van der Waals surface area contributed by atoms with E-state index in [-0.39, 0.29) is 11.5 Å². The number of rotatable bonds is 0. The van der Waals surface area contributed by atoms with Crippen molar-refractivity contribution in [1.29, 1.82) is 0 Å². The second-order valence-electron chi connectivity index (χ2n) is 3.10. The molecule has 2 nitrogen and oxygen atoms in total. The molecule has 2 N–H and O–H groups in total. The first kappa shape index (κ1) is 7.92. The normalized spacial score (nSPS) is 10.5. The van der Waals surface area contributed by atoms with Gasteiger partial charge in [-0.2, -0.15) is 0 Å². The number of aromatic hydroxyl groups is 2. The Hall–Kier alpha value is -1.70. The average Bonchev–Trinajstić information content (AvgIpc) is 2.12. The van der Waals surface area contributed by atoms with Crippen LogP contribution in [0.4, 0.5) is 0 Å². The van der Waals surface area contributed by atoms with E-state index in [1.165, 1.54) is 0 Å². The summed E-state index contributed by atoms with van der Waals surface area (Å²) in [4.78, 5) is 0. The third kappa shape index (κ3) is 1.11. The van der Waals surface area contributed by atoms with Crippen molar-refractivity contribution in [2.45, 2.75) is 6.92 Å². The fourth-order valence-corrected chi connectivity index (χ4v) is 1.55. The molecule has 0 fully saturated rings. The Balaban J connectivity index is 3.00. The van der Waals surface area contributed by atoms with Gasteiger partial charge in [0.1, 0.15) is 11.5 Å². The molecule has 0 spiro atoms. The zero-order valence-corrected chi connectivity index (χ0v) is 7.28. The Morgan fingerprint density at radius 1 is 0.923 bits per heavy atom. The lowest BCUT2D eigenvalue weighted by Gasteiger charge is -2.05. The molecular weight excluding hydrogens is 164 g/mol. The molecule has 2 heteroatoms. The van der Waals surface area contributed by atoms with Gasteiger partial charge in [-0.15, -0.1) is 0 Å². The molecule has 2 aromatic carbocycles. The van der Waals surface area contributed by atoms with Crippen molar-refractivity contribution in [2.24, 2.45) is 0 Å². The van der Waals surface area contributed by atoms with E-state index in [1.54, 1.807) is 30.3 Å². The Morgan fingerprint density at radius 2 is 1.69 bits per heavy atom. The number of phenolic OH excluding ortho intramolecular Hbond substituents is 2. The number of aryl methyl sites for hydroxylation is 1. The second kappa shape index (κ2) is 2.66. The van der Waals surface area contributed by atoms with Crippen molar-refractivity contribution >= 4 is 10.8 Å². The molecule has 0 radical (unpaired) electrons. The maximum absolute atomic E-state index is 9.57. The van der Waals surface area contributed by atoms with Crippen molar-refractivity contribution in [1.82, 2.24) is 0 Å². The van der Waals surface area contributed by atoms with Gasteiger partial charge in [-0.1, -0.05) is 18.2 Å². The van der Waals surface area contributed by atoms with Crippen molar-refractivity contribution in [3.05, 3.63) is 35.9 Å². The van der Waals surface area contributed by atoms with E-state index in [1.807, 2.05) is 6.92 Å². The predicted octanol–water partition coefficient (Wildman–Crippen LogP) is 2.56. The van der Waals surface area contributed by atoms with E-state index >= 15 is 0 Å². The Morgan fingerprint density at radius 3 is 2.38 bits per heavy atom. The first-order valence-electron chi connectivity index (χ1n) is 4.10. The van der Waals surface area contributed by atoms with Gasteiger partial charge < -0.3 is 10.2 Å². The van der Waals surface area contributed by atoms with Crippen LogP contribution in [0.15, 0.2) is 30.3 Å². The molecular formula is C11H10O2. The molecule has 0 aliphatic carbocycles. The molecule has 0 saturated heterocycles. The van der Waals surface area contributed by atoms with Crippen molar-refractivity contribution in [2.75, 3.05) is 0 Å². The summed E-state index contributed by atoms with van der Waals surface area (Å²) in [5.74, 6) is 0.419. The minimum atomic E-state index is 0.205. The van der Waals surface area contributed by atoms with Gasteiger partial charge in [0.15, 0.2) is 0 Å². The molecule has 0 saturated carbocycles. The van der Waals surface area contributed by atoms with Gasteiger partial charge in [0.2, 0.25) is 0 Å². The van der Waals surface area contributed by atoms with Crippen LogP contribution in [0, 0.1) is 6.92 Å². The molecule has 2 rings (SSSR count). The largest absolute Gasteiger partial charge is 0.507 e. The summed E-state index contributed by atoms with van der Waals surface area (Å²) in [5.41, 5.74) is 0.964. The third-order valence-electron chi connectivity index (χ3n) is 2.20. The fraction of sp³-hybridized carbons (Fsp3) is 0.0909. The zero-order valence-electron chi connectivity index (χ0n) is 7.28. The number of hydrogen-bond acceptors (Lipinski definition) is 2. The standard InChI is InChI=1S/C11H10O2/c1-7-5-6-9(12)8-3-2-4-10(13)11(7)8/h2-6,12-13H,1H3. The van der Waals surface area contributed by atoms with Crippen LogP contribution in [0.3, 0.4) is 0 Å². The number of phenols is 2. The summed E-state index contributed by atoms with van der Waals surface area (Å²) < 4.78 is 0. The molecule has 13 heavy (non-hydrogen) atoms. The van der Waals surface area contributed by atoms with E-state index in [4.69, 9.17) is 0 Å². The lowest BCUT2D eigenvalue weighted by Crippen LogP contribution is -1.79. The van der Waals surface area contributed by atoms with Crippen LogP contribution < -0.4 is 0 Å². The molecule has 0 amide bonds. The maximum Gasteiger partial charge on any atom is 0.123 e. The summed E-state index contributed by atoms with van der Waals surface area (Å²) in [6.07, 6.45) is 0. The second-order valence-corrected chi connectivity index (χ2v) is 3.10. The minimum absolute atomic E-state index is 0.205. The summed E-state index contributed by atoms with van der Waals surface area (Å²) >= 11 is 0. The number of benzene rings is 2. The molecule has 0 aliphatic heterocycles. The molecule has 0 heterocycles. The fourth-order valence-electron chi connectivity index (χ4n) is 1.55. The maximum atomic E-state index is 9.57. The zero-order chi connectivity index (χ0) is 9.42. The van der Waals surface area contributed by atoms with Gasteiger partial charge in [-0.3, -0.25) is 0 Å². The Labute approximate surface area is 76.1 Å². The van der Waals surface area contributed by atoms with Crippen LogP contribution in [0.5, 0.6) is 11.5 Å². The summed E-state index contributed by atoms with van der Waals surface area (Å²) in [6.45, 7) is 1.90. The first-order valence-corrected chi connectivity index (χ1v) is 4.10. The highest BCUT2D eigenvalue weighted by Crippen LogP contribution is 2.32. The van der Waals surface area contributed by atoms with Crippen molar-refractivity contribution < 1.29 is 10.2 Å². The van der Waals surface area contributed by atoms with Gasteiger partial charge >= 0.3 is 0 Å². The van der Waals surface area contributed by atoms with Gasteiger partial charge in [0.25, 0.3) is 0 Å². The average molecular weight is 174 g/mol. The van der Waals surface area contributed by atoms with Crippen LogP contribution in [0.2, 0.25) is 0 Å². The van der Waals surface area contributed by atoms with Gasteiger partial charge in [-0.05, 0) is 24.6 Å². The van der Waals surface area contributed by atoms with E-state index in [0.29, 0.717) is 5.39 Å². The van der Waals surface area contributed by atoms with E-state index in [0.717, 1.165) is 10.9 Å². The van der Waals surface area contributed by atoms with Crippen molar-refractivity contribution in [3.63, 3.8) is 0 Å². The molecule has 66 valence electrons. The SMILES string of the molecule is Cc1ccc(O)c2cccc(O)c12. The monoisotopic (exact) mass is 174 g/mol. The highest BCUT2D eigenvalue weighted by molar-refractivity contribution is 5.95. The summed E-state index contributed by atoms with van der Waals surface area (Å²) in [7, 11) is 0. The predicted molar refractivity (Wildman–Crippen MR) is 52.0 cm³/mol. The summed E-state index contributed by atoms with van der Waals surface area (Å²) in [6, 6.07) is 8.55. The van der Waals surface area contributed by atoms with Crippen molar-refractivity contribution in [3.8, 4) is 11.5 Å². The molecule has 0 unspecified atom stereocenters. The molecule has 0 bridgehead atoms. The first-order chi connectivity index (χ1) is 6.20.